The van der Waals surface area contributed by atoms with E-state index in [1.165, 1.54) is 11.3 Å². The molecule has 0 atom stereocenters. The Bertz CT molecular complexity index is 701. The van der Waals surface area contributed by atoms with Gasteiger partial charge in [0.15, 0.2) is 0 Å². The minimum Gasteiger partial charge on any atom is -0.419 e. The smallest absolute Gasteiger partial charge is 0.321 e. The number of hydrogen-bond acceptors (Lipinski definition) is 8. The van der Waals surface area contributed by atoms with Crippen LogP contribution in [0, 0.1) is 0 Å². The van der Waals surface area contributed by atoms with Gasteiger partial charge in [0, 0.05) is 19.7 Å². The number of carbonyl (C=O) groups excluding carboxylic acids is 2. The summed E-state index contributed by atoms with van der Waals surface area (Å²) in [7, 11) is 1.58. The minimum atomic E-state index is -0.519. The average Bonchev–Trinajstić information content (AvgIpc) is 3.22. The molecule has 0 spiro atoms. The van der Waals surface area contributed by atoms with Gasteiger partial charge >= 0.3 is 6.03 Å². The van der Waals surface area contributed by atoms with E-state index in [0.717, 1.165) is 4.88 Å². The van der Waals surface area contributed by atoms with Gasteiger partial charge in [-0.1, -0.05) is 6.07 Å². The molecule has 2 aromatic rings. The Morgan fingerprint density at radius 1 is 1.38 bits per heavy atom. The molecule has 2 heterocycles. The molecule has 0 saturated carbocycles. The molecule has 0 saturated heterocycles. The molecule has 2 N–H and O–H groups in total. The zero-order valence-electron chi connectivity index (χ0n) is 15.0. The lowest BCUT2D eigenvalue weighted by atomic mass is 10.4. The Kier molecular flexibility index (Phi) is 7.70. The standard InChI is InChI=1S/C16H23N5O4S/c1-11(2)17-16(23)18-13(22)9-21(6-7-24-3)10-14-19-20-15(25-14)12-5-4-8-26-12/h4-5,8,11H,6-7,9-10H2,1-3H3,(H2,17,18,22,23). The van der Waals surface area contributed by atoms with Crippen molar-refractivity contribution in [1.82, 2.24) is 25.7 Å². The summed E-state index contributed by atoms with van der Waals surface area (Å²) in [4.78, 5) is 26.4. The molecule has 0 aliphatic carbocycles. The van der Waals surface area contributed by atoms with Crippen LogP contribution in [-0.2, 0) is 16.1 Å². The third-order valence-corrected chi connectivity index (χ3v) is 4.07. The number of methoxy groups -OCH3 is 1. The molecule has 0 aliphatic heterocycles. The number of rotatable bonds is 9. The summed E-state index contributed by atoms with van der Waals surface area (Å²) >= 11 is 1.51. The highest BCUT2D eigenvalue weighted by Gasteiger charge is 2.17. The van der Waals surface area contributed by atoms with Crippen LogP contribution in [0.2, 0.25) is 0 Å². The predicted molar refractivity (Wildman–Crippen MR) is 96.6 cm³/mol. The Hall–Kier alpha value is -2.30. The van der Waals surface area contributed by atoms with E-state index in [-0.39, 0.29) is 19.1 Å². The summed E-state index contributed by atoms with van der Waals surface area (Å²) in [5.41, 5.74) is 0. The van der Waals surface area contributed by atoms with Crippen LogP contribution >= 0.6 is 11.3 Å². The van der Waals surface area contributed by atoms with Crippen LogP contribution in [0.25, 0.3) is 10.8 Å². The summed E-state index contributed by atoms with van der Waals surface area (Å²) in [6.45, 7) is 4.82. The number of hydrogen-bond donors (Lipinski definition) is 2. The van der Waals surface area contributed by atoms with E-state index in [0.29, 0.717) is 24.9 Å². The summed E-state index contributed by atoms with van der Waals surface area (Å²) in [6, 6.07) is 3.23. The highest BCUT2D eigenvalue weighted by molar-refractivity contribution is 7.13. The maximum Gasteiger partial charge on any atom is 0.321 e. The van der Waals surface area contributed by atoms with Gasteiger partial charge in [0.25, 0.3) is 5.89 Å². The summed E-state index contributed by atoms with van der Waals surface area (Å²) in [5, 5.41) is 14.9. The first-order valence-electron chi connectivity index (χ1n) is 8.15. The van der Waals surface area contributed by atoms with Crippen molar-refractivity contribution in [3.05, 3.63) is 23.4 Å². The van der Waals surface area contributed by atoms with E-state index in [9.17, 15) is 9.59 Å². The van der Waals surface area contributed by atoms with E-state index in [4.69, 9.17) is 9.15 Å². The topological polar surface area (TPSA) is 110 Å². The highest BCUT2D eigenvalue weighted by Crippen LogP contribution is 2.23. The molecule has 26 heavy (non-hydrogen) atoms. The average molecular weight is 381 g/mol. The number of carbonyl (C=O) groups is 2. The van der Waals surface area contributed by atoms with Crippen LogP contribution in [0.5, 0.6) is 0 Å². The van der Waals surface area contributed by atoms with Crippen LogP contribution in [-0.4, -0.2) is 59.9 Å². The summed E-state index contributed by atoms with van der Waals surface area (Å²) in [6.07, 6.45) is 0. The number of urea groups is 1. The fraction of sp³-hybridized carbons (Fsp3) is 0.500. The SMILES string of the molecule is COCCN(CC(=O)NC(=O)NC(C)C)Cc1nnc(-c2cccs2)o1. The minimum absolute atomic E-state index is 0.00555. The maximum atomic E-state index is 12.1. The second-order valence-electron chi connectivity index (χ2n) is 5.86. The zero-order valence-corrected chi connectivity index (χ0v) is 15.8. The number of ether oxygens (including phenoxy) is 1. The monoisotopic (exact) mass is 381 g/mol. The Balaban J connectivity index is 1.94. The first kappa shape index (κ1) is 20.0. The number of thiophene rings is 1. The largest absolute Gasteiger partial charge is 0.419 e. The Labute approximate surface area is 155 Å². The van der Waals surface area contributed by atoms with Crippen LogP contribution in [0.15, 0.2) is 21.9 Å². The fourth-order valence-electron chi connectivity index (χ4n) is 2.11. The molecule has 0 aromatic carbocycles. The van der Waals surface area contributed by atoms with Gasteiger partial charge in [-0.3, -0.25) is 15.0 Å². The van der Waals surface area contributed by atoms with Gasteiger partial charge in [-0.05, 0) is 25.3 Å². The van der Waals surface area contributed by atoms with E-state index >= 15 is 0 Å². The lowest BCUT2D eigenvalue weighted by molar-refractivity contribution is -0.121. The molecule has 0 radical (unpaired) electrons. The number of nitrogens with one attached hydrogen (secondary N) is 2. The van der Waals surface area contributed by atoms with Crippen LogP contribution in [0.1, 0.15) is 19.7 Å². The third kappa shape index (κ3) is 6.54. The van der Waals surface area contributed by atoms with Gasteiger partial charge in [-0.2, -0.15) is 0 Å². The van der Waals surface area contributed by atoms with Gasteiger partial charge < -0.3 is 14.5 Å². The molecular weight excluding hydrogens is 358 g/mol. The molecule has 10 heteroatoms. The number of aromatic nitrogens is 2. The second kappa shape index (κ2) is 10.00. The lowest BCUT2D eigenvalue weighted by Gasteiger charge is -2.19. The molecule has 0 unspecified atom stereocenters. The van der Waals surface area contributed by atoms with Gasteiger partial charge in [-0.25, -0.2) is 4.79 Å². The van der Waals surface area contributed by atoms with Crippen molar-refractivity contribution in [2.75, 3.05) is 26.8 Å². The summed E-state index contributed by atoms with van der Waals surface area (Å²) < 4.78 is 10.7. The molecule has 0 fully saturated rings. The van der Waals surface area contributed by atoms with E-state index in [1.54, 1.807) is 12.0 Å². The van der Waals surface area contributed by atoms with Crippen LogP contribution in [0.4, 0.5) is 4.79 Å². The van der Waals surface area contributed by atoms with Gasteiger partial charge in [0.05, 0.1) is 24.6 Å². The number of imide groups is 1. The van der Waals surface area contributed by atoms with Crippen molar-refractivity contribution in [2.45, 2.75) is 26.4 Å². The van der Waals surface area contributed by atoms with Crippen molar-refractivity contribution < 1.29 is 18.7 Å². The van der Waals surface area contributed by atoms with Crippen LogP contribution in [0.3, 0.4) is 0 Å². The molecule has 0 bridgehead atoms. The molecule has 9 nitrogen and oxygen atoms in total. The molecule has 0 aliphatic rings. The van der Waals surface area contributed by atoms with Gasteiger partial charge in [0.1, 0.15) is 0 Å². The summed E-state index contributed by atoms with van der Waals surface area (Å²) in [5.74, 6) is 0.420. The predicted octanol–water partition coefficient (Wildman–Crippen LogP) is 1.48. The van der Waals surface area contributed by atoms with Crippen LogP contribution < -0.4 is 10.6 Å². The fourth-order valence-corrected chi connectivity index (χ4v) is 2.75. The van der Waals surface area contributed by atoms with Crippen molar-refractivity contribution in [3.63, 3.8) is 0 Å². The zero-order chi connectivity index (χ0) is 18.9. The molecule has 3 amide bonds. The van der Waals surface area contributed by atoms with E-state index in [2.05, 4.69) is 20.8 Å². The maximum absolute atomic E-state index is 12.1. The van der Waals surface area contributed by atoms with E-state index < -0.39 is 11.9 Å². The third-order valence-electron chi connectivity index (χ3n) is 3.21. The normalized spacial score (nSPS) is 11.1. The molecule has 2 aromatic heterocycles. The molecule has 142 valence electrons. The quantitative estimate of drug-likeness (QED) is 0.677. The first-order chi connectivity index (χ1) is 12.5. The van der Waals surface area contributed by atoms with Crippen molar-refractivity contribution in [2.24, 2.45) is 0 Å². The number of nitrogens with zero attached hydrogens (tertiary/aromatic N) is 3. The van der Waals surface area contributed by atoms with Crippen molar-refractivity contribution >= 4 is 23.3 Å². The lowest BCUT2D eigenvalue weighted by Crippen LogP contribution is -2.46. The molecule has 2 rings (SSSR count). The Morgan fingerprint density at radius 3 is 2.85 bits per heavy atom. The van der Waals surface area contributed by atoms with Gasteiger partial charge in [0.2, 0.25) is 11.8 Å². The van der Waals surface area contributed by atoms with Crippen molar-refractivity contribution in [1.29, 1.82) is 0 Å². The van der Waals surface area contributed by atoms with Gasteiger partial charge in [-0.15, -0.1) is 21.5 Å². The Morgan fingerprint density at radius 2 is 2.19 bits per heavy atom. The molecular formula is C16H23N5O4S. The number of amides is 3. The first-order valence-corrected chi connectivity index (χ1v) is 9.03. The van der Waals surface area contributed by atoms with E-state index in [1.807, 2.05) is 31.4 Å². The highest BCUT2D eigenvalue weighted by atomic mass is 32.1. The second-order valence-corrected chi connectivity index (χ2v) is 6.81. The van der Waals surface area contributed by atoms with Crippen molar-refractivity contribution in [3.8, 4) is 10.8 Å².